The molecule has 110 valence electrons. The molecule has 2 N–H and O–H groups in total. The first-order valence-electron chi connectivity index (χ1n) is 7.46. The molecule has 4 atom stereocenters. The highest BCUT2D eigenvalue weighted by molar-refractivity contribution is 5.15. The SMILES string of the molecule is CC1(C)[C@@H]2C[C@H]1[C@](O)(COCc1ccccc1)[C@@H](O)C2. The molecule has 3 aliphatic carbocycles. The Hall–Kier alpha value is -0.900. The van der Waals surface area contributed by atoms with Crippen LogP contribution >= 0.6 is 0 Å². The van der Waals surface area contributed by atoms with Gasteiger partial charge in [-0.2, -0.15) is 0 Å². The van der Waals surface area contributed by atoms with Crippen LogP contribution in [-0.2, 0) is 11.3 Å². The Balaban J connectivity index is 1.63. The van der Waals surface area contributed by atoms with Gasteiger partial charge in [0.1, 0.15) is 5.60 Å². The van der Waals surface area contributed by atoms with E-state index in [2.05, 4.69) is 13.8 Å². The summed E-state index contributed by atoms with van der Waals surface area (Å²) in [4.78, 5) is 0. The van der Waals surface area contributed by atoms with Gasteiger partial charge in [0, 0.05) is 0 Å². The fourth-order valence-electron chi connectivity index (χ4n) is 4.07. The predicted octanol–water partition coefficient (Wildman–Crippen LogP) is 2.36. The zero-order valence-electron chi connectivity index (χ0n) is 12.2. The zero-order chi connectivity index (χ0) is 14.4. The number of aliphatic hydroxyl groups is 2. The van der Waals surface area contributed by atoms with Gasteiger partial charge in [-0.15, -0.1) is 0 Å². The molecule has 3 nitrogen and oxygen atoms in total. The number of benzene rings is 1. The number of hydrogen-bond acceptors (Lipinski definition) is 3. The van der Waals surface area contributed by atoms with Crippen molar-refractivity contribution in [2.45, 2.75) is 45.0 Å². The summed E-state index contributed by atoms with van der Waals surface area (Å²) in [6.45, 7) is 5.08. The third kappa shape index (κ3) is 2.09. The molecule has 1 aromatic carbocycles. The average molecular weight is 276 g/mol. The van der Waals surface area contributed by atoms with Crippen LogP contribution < -0.4 is 0 Å². The van der Waals surface area contributed by atoms with E-state index in [1.54, 1.807) is 0 Å². The van der Waals surface area contributed by atoms with Crippen LogP contribution in [0, 0.1) is 17.3 Å². The molecule has 3 saturated carbocycles. The second-order valence-corrected chi connectivity index (χ2v) is 7.03. The second-order valence-electron chi connectivity index (χ2n) is 7.03. The topological polar surface area (TPSA) is 49.7 Å². The van der Waals surface area contributed by atoms with Crippen molar-refractivity contribution in [2.75, 3.05) is 6.61 Å². The van der Waals surface area contributed by atoms with Crippen LogP contribution in [0.3, 0.4) is 0 Å². The predicted molar refractivity (Wildman–Crippen MR) is 77.0 cm³/mol. The van der Waals surface area contributed by atoms with E-state index >= 15 is 0 Å². The Morgan fingerprint density at radius 2 is 1.90 bits per heavy atom. The molecule has 0 amide bonds. The minimum Gasteiger partial charge on any atom is -0.390 e. The minimum atomic E-state index is -1.09. The molecule has 3 heteroatoms. The number of rotatable bonds is 4. The molecular weight excluding hydrogens is 252 g/mol. The highest BCUT2D eigenvalue weighted by Crippen LogP contribution is 2.62. The molecule has 0 aromatic heterocycles. The van der Waals surface area contributed by atoms with Gasteiger partial charge in [-0.25, -0.2) is 0 Å². The summed E-state index contributed by atoms with van der Waals surface area (Å²) < 4.78 is 5.71. The lowest BCUT2D eigenvalue weighted by Crippen LogP contribution is -2.69. The van der Waals surface area contributed by atoms with Crippen molar-refractivity contribution in [1.82, 2.24) is 0 Å². The van der Waals surface area contributed by atoms with Crippen LogP contribution in [0.15, 0.2) is 30.3 Å². The van der Waals surface area contributed by atoms with Crippen molar-refractivity contribution >= 4 is 0 Å². The van der Waals surface area contributed by atoms with Gasteiger partial charge in [-0.05, 0) is 35.7 Å². The third-order valence-electron chi connectivity index (χ3n) is 5.60. The van der Waals surface area contributed by atoms with Crippen molar-refractivity contribution in [3.8, 4) is 0 Å². The number of hydrogen-bond donors (Lipinski definition) is 2. The van der Waals surface area contributed by atoms with Gasteiger partial charge in [0.2, 0.25) is 0 Å². The van der Waals surface area contributed by atoms with Gasteiger partial charge in [0.05, 0.1) is 19.3 Å². The second kappa shape index (κ2) is 4.83. The lowest BCUT2D eigenvalue weighted by molar-refractivity contribution is -0.270. The Bertz CT molecular complexity index is 470. The molecule has 2 bridgehead atoms. The van der Waals surface area contributed by atoms with Crippen molar-refractivity contribution in [3.63, 3.8) is 0 Å². The summed E-state index contributed by atoms with van der Waals surface area (Å²) in [6, 6.07) is 9.93. The van der Waals surface area contributed by atoms with Gasteiger partial charge >= 0.3 is 0 Å². The van der Waals surface area contributed by atoms with Crippen molar-refractivity contribution < 1.29 is 14.9 Å². The largest absolute Gasteiger partial charge is 0.390 e. The average Bonchev–Trinajstić information content (AvgIpc) is 2.42. The van der Waals surface area contributed by atoms with E-state index in [1.165, 1.54) is 0 Å². The summed E-state index contributed by atoms with van der Waals surface area (Å²) in [5, 5.41) is 21.1. The van der Waals surface area contributed by atoms with E-state index in [9.17, 15) is 10.2 Å². The van der Waals surface area contributed by atoms with Crippen molar-refractivity contribution in [1.29, 1.82) is 0 Å². The lowest BCUT2D eigenvalue weighted by Gasteiger charge is -2.64. The summed E-state index contributed by atoms with van der Waals surface area (Å²) in [6.07, 6.45) is 1.04. The van der Waals surface area contributed by atoms with Crippen LogP contribution in [0.5, 0.6) is 0 Å². The fraction of sp³-hybridized carbons (Fsp3) is 0.647. The lowest BCUT2D eigenvalue weighted by atomic mass is 9.43. The smallest absolute Gasteiger partial charge is 0.117 e. The molecule has 0 unspecified atom stereocenters. The third-order valence-corrected chi connectivity index (χ3v) is 5.60. The monoisotopic (exact) mass is 276 g/mol. The maximum atomic E-state index is 10.9. The number of ether oxygens (including phenoxy) is 1. The Labute approximate surface area is 120 Å². The number of aliphatic hydroxyl groups excluding tert-OH is 1. The Kier molecular flexibility index (Phi) is 3.39. The van der Waals surface area contributed by atoms with E-state index in [0.29, 0.717) is 18.9 Å². The van der Waals surface area contributed by atoms with Crippen molar-refractivity contribution in [3.05, 3.63) is 35.9 Å². The normalized spacial score (nSPS) is 38.3. The van der Waals surface area contributed by atoms with E-state index in [4.69, 9.17) is 4.74 Å². The fourth-order valence-corrected chi connectivity index (χ4v) is 4.07. The van der Waals surface area contributed by atoms with E-state index in [0.717, 1.165) is 12.0 Å². The molecule has 20 heavy (non-hydrogen) atoms. The van der Waals surface area contributed by atoms with Crippen LogP contribution in [0.25, 0.3) is 0 Å². The molecule has 0 spiro atoms. The van der Waals surface area contributed by atoms with Crippen LogP contribution in [0.1, 0.15) is 32.3 Å². The summed E-state index contributed by atoms with van der Waals surface area (Å²) in [5.74, 6) is 0.677. The van der Waals surface area contributed by atoms with Gasteiger partial charge in [-0.3, -0.25) is 0 Å². The first kappa shape index (κ1) is 14.1. The quantitative estimate of drug-likeness (QED) is 0.887. The molecule has 4 rings (SSSR count). The van der Waals surface area contributed by atoms with E-state index in [-0.39, 0.29) is 17.9 Å². The standard InChI is InChI=1S/C17H24O3/c1-16(2)13-8-14(16)17(19,15(18)9-13)11-20-10-12-6-4-3-5-7-12/h3-7,13-15,18-19H,8-11H2,1-2H3/t13-,14-,15+,17-/m1/s1. The maximum Gasteiger partial charge on any atom is 0.117 e. The van der Waals surface area contributed by atoms with E-state index < -0.39 is 11.7 Å². The molecule has 3 aliphatic rings. The number of fused-ring (bicyclic) bond motifs is 2. The highest BCUT2D eigenvalue weighted by Gasteiger charge is 2.64. The van der Waals surface area contributed by atoms with Gasteiger partial charge < -0.3 is 14.9 Å². The molecule has 1 aromatic rings. The summed E-state index contributed by atoms with van der Waals surface area (Å²) in [5.41, 5.74) is 0.115. The minimum absolute atomic E-state index is 0.115. The van der Waals surface area contributed by atoms with Gasteiger partial charge in [0.25, 0.3) is 0 Å². The van der Waals surface area contributed by atoms with E-state index in [1.807, 2.05) is 30.3 Å². The van der Waals surface area contributed by atoms with Gasteiger partial charge in [-0.1, -0.05) is 44.2 Å². The zero-order valence-corrected chi connectivity index (χ0v) is 12.2. The molecule has 0 radical (unpaired) electrons. The van der Waals surface area contributed by atoms with Crippen molar-refractivity contribution in [2.24, 2.45) is 17.3 Å². The highest BCUT2D eigenvalue weighted by atomic mass is 16.5. The maximum absolute atomic E-state index is 10.9. The molecular formula is C17H24O3. The van der Waals surface area contributed by atoms with Crippen LogP contribution in [0.2, 0.25) is 0 Å². The molecule has 0 heterocycles. The molecule has 3 fully saturated rings. The molecule has 0 aliphatic heterocycles. The van der Waals surface area contributed by atoms with Gasteiger partial charge in [0.15, 0.2) is 0 Å². The Morgan fingerprint density at radius 1 is 1.20 bits per heavy atom. The summed E-state index contributed by atoms with van der Waals surface area (Å²) >= 11 is 0. The first-order valence-corrected chi connectivity index (χ1v) is 7.46. The van der Waals surface area contributed by atoms with Crippen LogP contribution in [-0.4, -0.2) is 28.5 Å². The molecule has 0 saturated heterocycles. The first-order chi connectivity index (χ1) is 9.44. The Morgan fingerprint density at radius 3 is 2.55 bits per heavy atom. The summed E-state index contributed by atoms with van der Waals surface area (Å²) in [7, 11) is 0. The van der Waals surface area contributed by atoms with Crippen LogP contribution in [0.4, 0.5) is 0 Å².